The molecular weight excluding hydrogens is 521 g/mol. The van der Waals surface area contributed by atoms with Gasteiger partial charge in [0.25, 0.3) is 0 Å². The van der Waals surface area contributed by atoms with Gasteiger partial charge in [-0.25, -0.2) is 9.18 Å². The number of nitrogens with two attached hydrogens (primary N) is 1. The van der Waals surface area contributed by atoms with Gasteiger partial charge in [0, 0.05) is 6.42 Å². The Labute approximate surface area is 232 Å². The van der Waals surface area contributed by atoms with E-state index in [1.807, 2.05) is 13.8 Å². The van der Waals surface area contributed by atoms with E-state index < -0.39 is 66.6 Å². The highest BCUT2D eigenvalue weighted by molar-refractivity contribution is 5.93. The summed E-state index contributed by atoms with van der Waals surface area (Å²) in [6.45, 7) is 2.74. The Hall–Kier alpha value is -4.32. The topological polar surface area (TPSA) is 180 Å². The van der Waals surface area contributed by atoms with Gasteiger partial charge < -0.3 is 32.1 Å². The molecule has 2 rings (SSSR count). The lowest BCUT2D eigenvalue weighted by atomic mass is 10.0. The molecule has 0 saturated carbocycles. The molecule has 0 saturated heterocycles. The van der Waals surface area contributed by atoms with Crippen LogP contribution in [0.3, 0.4) is 0 Å². The maximum absolute atomic E-state index is 13.0. The standard InChI is InChI=1S/C28H36FN5O6/c1-17(2)12-23(28(39)40)34-27(38)22(14-18-6-4-3-5-7-18)33-25(36)16-31-24(35)15-32-26(37)21(30)13-19-8-10-20(29)11-9-19/h3-11,17,21-23H,12-16,30H2,1-2H3,(H,31,35)(H,32,37)(H,33,36)(H,34,38)(H,39,40). The van der Waals surface area contributed by atoms with Crippen LogP contribution >= 0.6 is 0 Å². The maximum atomic E-state index is 13.0. The van der Waals surface area contributed by atoms with Gasteiger partial charge in [-0.1, -0.05) is 56.3 Å². The first-order chi connectivity index (χ1) is 18.9. The molecule has 0 aliphatic rings. The zero-order chi connectivity index (χ0) is 29.7. The average molecular weight is 558 g/mol. The highest BCUT2D eigenvalue weighted by atomic mass is 19.1. The Morgan fingerprint density at radius 2 is 1.38 bits per heavy atom. The van der Waals surface area contributed by atoms with Crippen molar-refractivity contribution in [3.05, 3.63) is 71.5 Å². The minimum atomic E-state index is -1.18. The van der Waals surface area contributed by atoms with Crippen LogP contribution < -0.4 is 27.0 Å². The summed E-state index contributed by atoms with van der Waals surface area (Å²) in [6.07, 6.45) is 0.450. The summed E-state index contributed by atoms with van der Waals surface area (Å²) in [6, 6.07) is 11.2. The number of halogens is 1. The fourth-order valence-corrected chi connectivity index (χ4v) is 3.78. The number of hydrogen-bond donors (Lipinski definition) is 6. The van der Waals surface area contributed by atoms with Gasteiger partial charge in [0.1, 0.15) is 17.9 Å². The van der Waals surface area contributed by atoms with Crippen molar-refractivity contribution in [3.8, 4) is 0 Å². The quantitative estimate of drug-likeness (QED) is 0.182. The first kappa shape index (κ1) is 31.9. The Morgan fingerprint density at radius 1 is 0.775 bits per heavy atom. The number of rotatable bonds is 15. The highest BCUT2D eigenvalue weighted by Crippen LogP contribution is 2.08. The molecule has 2 aromatic carbocycles. The van der Waals surface area contributed by atoms with E-state index >= 15 is 0 Å². The summed E-state index contributed by atoms with van der Waals surface area (Å²) in [4.78, 5) is 61.5. The summed E-state index contributed by atoms with van der Waals surface area (Å²) in [5.41, 5.74) is 7.23. The van der Waals surface area contributed by atoms with Gasteiger partial charge in [-0.05, 0) is 42.0 Å². The third kappa shape index (κ3) is 11.6. The lowest BCUT2D eigenvalue weighted by molar-refractivity contribution is -0.142. The van der Waals surface area contributed by atoms with Crippen molar-refractivity contribution in [2.24, 2.45) is 11.7 Å². The highest BCUT2D eigenvalue weighted by Gasteiger charge is 2.27. The van der Waals surface area contributed by atoms with E-state index in [1.165, 1.54) is 24.3 Å². The second kappa shape index (κ2) is 15.9. The molecule has 4 amide bonds. The van der Waals surface area contributed by atoms with Gasteiger partial charge in [0.2, 0.25) is 23.6 Å². The third-order valence-electron chi connectivity index (χ3n) is 5.83. The SMILES string of the molecule is CC(C)CC(NC(=O)C(Cc1ccccc1)NC(=O)CNC(=O)CNC(=O)C(N)Cc1ccc(F)cc1)C(=O)O. The van der Waals surface area contributed by atoms with Crippen molar-refractivity contribution in [1.82, 2.24) is 21.3 Å². The van der Waals surface area contributed by atoms with Crippen LogP contribution in [-0.2, 0) is 36.8 Å². The molecule has 216 valence electrons. The molecule has 0 radical (unpaired) electrons. The molecule has 3 unspecified atom stereocenters. The van der Waals surface area contributed by atoms with Crippen LogP contribution in [0.4, 0.5) is 4.39 Å². The fourth-order valence-electron chi connectivity index (χ4n) is 3.78. The van der Waals surface area contributed by atoms with E-state index in [4.69, 9.17) is 5.73 Å². The third-order valence-corrected chi connectivity index (χ3v) is 5.83. The van der Waals surface area contributed by atoms with Crippen molar-refractivity contribution in [2.45, 2.75) is 51.2 Å². The molecule has 2 aromatic rings. The Balaban J connectivity index is 1.88. The molecule has 7 N–H and O–H groups in total. The number of carboxylic acids is 1. The molecule has 11 nitrogen and oxygen atoms in total. The summed E-state index contributed by atoms with van der Waals surface area (Å²) < 4.78 is 13.0. The minimum Gasteiger partial charge on any atom is -0.480 e. The van der Waals surface area contributed by atoms with E-state index in [2.05, 4.69) is 21.3 Å². The van der Waals surface area contributed by atoms with Gasteiger partial charge in [0.15, 0.2) is 0 Å². The van der Waals surface area contributed by atoms with Crippen LogP contribution in [0.15, 0.2) is 54.6 Å². The molecule has 0 fully saturated rings. The summed E-state index contributed by atoms with van der Waals surface area (Å²) in [5, 5.41) is 19.2. The number of carbonyl (C=O) groups is 5. The van der Waals surface area contributed by atoms with E-state index in [9.17, 15) is 33.5 Å². The summed E-state index contributed by atoms with van der Waals surface area (Å²) >= 11 is 0. The molecule has 0 aliphatic heterocycles. The van der Waals surface area contributed by atoms with Crippen LogP contribution in [0.25, 0.3) is 0 Å². The van der Waals surface area contributed by atoms with E-state index in [0.717, 1.165) is 5.56 Å². The molecule has 40 heavy (non-hydrogen) atoms. The monoisotopic (exact) mass is 557 g/mol. The van der Waals surface area contributed by atoms with Crippen molar-refractivity contribution in [3.63, 3.8) is 0 Å². The van der Waals surface area contributed by atoms with Crippen molar-refractivity contribution in [1.29, 1.82) is 0 Å². The first-order valence-corrected chi connectivity index (χ1v) is 12.9. The summed E-state index contributed by atoms with van der Waals surface area (Å²) in [5.74, 6) is -4.19. The van der Waals surface area contributed by atoms with Gasteiger partial charge in [-0.2, -0.15) is 0 Å². The van der Waals surface area contributed by atoms with Gasteiger partial charge in [-0.3, -0.25) is 19.2 Å². The van der Waals surface area contributed by atoms with E-state index in [1.54, 1.807) is 30.3 Å². The average Bonchev–Trinajstić information content (AvgIpc) is 2.91. The number of benzene rings is 2. The second-order valence-electron chi connectivity index (χ2n) is 9.77. The Kier molecular flexibility index (Phi) is 12.7. The smallest absolute Gasteiger partial charge is 0.326 e. The van der Waals surface area contributed by atoms with E-state index in [-0.39, 0.29) is 25.2 Å². The van der Waals surface area contributed by atoms with Crippen LogP contribution in [0.2, 0.25) is 0 Å². The van der Waals surface area contributed by atoms with Gasteiger partial charge >= 0.3 is 5.97 Å². The van der Waals surface area contributed by atoms with Crippen LogP contribution in [0, 0.1) is 11.7 Å². The van der Waals surface area contributed by atoms with Crippen LogP contribution in [0.5, 0.6) is 0 Å². The number of nitrogens with one attached hydrogen (secondary N) is 4. The van der Waals surface area contributed by atoms with Crippen molar-refractivity contribution < 1.29 is 33.5 Å². The Bertz CT molecular complexity index is 1160. The summed E-state index contributed by atoms with van der Waals surface area (Å²) in [7, 11) is 0. The van der Waals surface area contributed by atoms with Crippen molar-refractivity contribution >= 4 is 29.6 Å². The molecule has 0 aromatic heterocycles. The molecule has 12 heteroatoms. The lowest BCUT2D eigenvalue weighted by Crippen LogP contribution is -2.54. The maximum Gasteiger partial charge on any atom is 0.326 e. The molecule has 0 bridgehead atoms. The largest absolute Gasteiger partial charge is 0.480 e. The number of amides is 4. The van der Waals surface area contributed by atoms with Gasteiger partial charge in [-0.15, -0.1) is 0 Å². The Morgan fingerprint density at radius 3 is 1.98 bits per heavy atom. The zero-order valence-electron chi connectivity index (χ0n) is 22.5. The minimum absolute atomic E-state index is 0.0109. The number of carbonyl (C=O) groups excluding carboxylic acids is 4. The van der Waals surface area contributed by atoms with Crippen LogP contribution in [0.1, 0.15) is 31.4 Å². The fraction of sp³-hybridized carbons (Fsp3) is 0.393. The van der Waals surface area contributed by atoms with Gasteiger partial charge in [0.05, 0.1) is 19.1 Å². The number of hydrogen-bond acceptors (Lipinski definition) is 6. The molecule has 0 heterocycles. The zero-order valence-corrected chi connectivity index (χ0v) is 22.5. The first-order valence-electron chi connectivity index (χ1n) is 12.9. The predicted molar refractivity (Wildman–Crippen MR) is 145 cm³/mol. The molecule has 0 spiro atoms. The second-order valence-corrected chi connectivity index (χ2v) is 9.77. The molecule has 0 aliphatic carbocycles. The van der Waals surface area contributed by atoms with Crippen molar-refractivity contribution in [2.75, 3.05) is 13.1 Å². The van der Waals surface area contributed by atoms with Crippen LogP contribution in [-0.4, -0.2) is 65.9 Å². The van der Waals surface area contributed by atoms with E-state index in [0.29, 0.717) is 5.56 Å². The lowest BCUT2D eigenvalue weighted by Gasteiger charge is -2.22. The predicted octanol–water partition coefficient (Wildman–Crippen LogP) is 0.271. The molecular formula is C28H36FN5O6. The number of carboxylic acid groups (broad SMARTS) is 1. The number of aliphatic carboxylic acids is 1. The molecule has 3 atom stereocenters. The normalized spacial score (nSPS) is 13.0.